The van der Waals surface area contributed by atoms with Gasteiger partial charge >= 0.3 is 0 Å². The van der Waals surface area contributed by atoms with Crippen LogP contribution in [0.15, 0.2) is 29.3 Å². The van der Waals surface area contributed by atoms with Gasteiger partial charge in [0, 0.05) is 26.7 Å². The normalized spacial score (nSPS) is 13.6. The molecule has 8 heteroatoms. The maximum absolute atomic E-state index is 11.6. The summed E-state index contributed by atoms with van der Waals surface area (Å²) in [5.41, 5.74) is 1.13. The van der Waals surface area contributed by atoms with Gasteiger partial charge in [0.1, 0.15) is 5.75 Å². The lowest BCUT2D eigenvalue weighted by molar-refractivity contribution is 0.271. The van der Waals surface area contributed by atoms with E-state index < -0.39 is 10.0 Å². The summed E-state index contributed by atoms with van der Waals surface area (Å²) in [6.45, 7) is 10.5. The van der Waals surface area contributed by atoms with E-state index in [1.807, 2.05) is 31.2 Å². The second-order valence-electron chi connectivity index (χ2n) is 7.25. The number of hydrogen-bond donors (Lipinski definition) is 2. The summed E-state index contributed by atoms with van der Waals surface area (Å²) >= 11 is 0. The summed E-state index contributed by atoms with van der Waals surface area (Å²) in [4.78, 5) is 4.24. The zero-order chi connectivity index (χ0) is 21.2. The number of benzene rings is 1. The largest absolute Gasteiger partial charge is 0.493 e. The summed E-state index contributed by atoms with van der Waals surface area (Å²) in [6, 6.07) is 8.14. The van der Waals surface area contributed by atoms with Crippen molar-refractivity contribution in [2.75, 3.05) is 39.5 Å². The minimum atomic E-state index is -3.14. The second-order valence-corrected chi connectivity index (χ2v) is 9.23. The van der Waals surface area contributed by atoms with E-state index in [-0.39, 0.29) is 6.04 Å². The number of guanidine groups is 1. The molecule has 0 spiro atoms. The van der Waals surface area contributed by atoms with E-state index in [2.05, 4.69) is 36.4 Å². The highest BCUT2D eigenvalue weighted by molar-refractivity contribution is 7.88. The van der Waals surface area contributed by atoms with Gasteiger partial charge in [0.15, 0.2) is 5.96 Å². The molecule has 0 aliphatic heterocycles. The molecular formula is C20H36N4O3S. The lowest BCUT2D eigenvalue weighted by Crippen LogP contribution is -2.40. The average molecular weight is 413 g/mol. The highest BCUT2D eigenvalue weighted by atomic mass is 32.2. The van der Waals surface area contributed by atoms with Crippen LogP contribution in [0.3, 0.4) is 0 Å². The number of ether oxygens (including phenoxy) is 1. The van der Waals surface area contributed by atoms with E-state index in [0.29, 0.717) is 44.5 Å². The molecule has 0 fully saturated rings. The van der Waals surface area contributed by atoms with Crippen LogP contribution in [0.25, 0.3) is 0 Å². The van der Waals surface area contributed by atoms with E-state index >= 15 is 0 Å². The van der Waals surface area contributed by atoms with Gasteiger partial charge in [-0.2, -0.15) is 0 Å². The molecule has 0 aliphatic carbocycles. The predicted octanol–water partition coefficient (Wildman–Crippen LogP) is 2.62. The number of rotatable bonds is 11. The Hall–Kier alpha value is -1.80. The zero-order valence-corrected chi connectivity index (χ0v) is 18.8. The number of nitrogens with one attached hydrogen (secondary N) is 2. The van der Waals surface area contributed by atoms with Gasteiger partial charge in [-0.05, 0) is 37.0 Å². The molecule has 7 nitrogen and oxygen atoms in total. The third-order valence-corrected chi connectivity index (χ3v) is 5.62. The van der Waals surface area contributed by atoms with Crippen LogP contribution in [0.4, 0.5) is 0 Å². The van der Waals surface area contributed by atoms with Crippen LogP contribution in [-0.4, -0.2) is 58.2 Å². The van der Waals surface area contributed by atoms with Gasteiger partial charge in [-0.1, -0.05) is 32.9 Å². The topological polar surface area (TPSA) is 83.0 Å². The molecule has 0 aliphatic rings. The molecule has 1 aromatic rings. The van der Waals surface area contributed by atoms with Crippen molar-refractivity contribution in [1.29, 1.82) is 0 Å². The maximum Gasteiger partial charge on any atom is 0.211 e. The van der Waals surface area contributed by atoms with Crippen molar-refractivity contribution in [1.82, 2.24) is 14.9 Å². The zero-order valence-electron chi connectivity index (χ0n) is 18.0. The van der Waals surface area contributed by atoms with E-state index in [9.17, 15) is 8.42 Å². The average Bonchev–Trinajstić information content (AvgIpc) is 2.64. The molecule has 0 saturated heterocycles. The Labute approximate surface area is 170 Å². The molecule has 2 N–H and O–H groups in total. The van der Waals surface area contributed by atoms with Crippen LogP contribution in [0.2, 0.25) is 0 Å². The third kappa shape index (κ3) is 8.93. The molecule has 0 saturated carbocycles. The lowest BCUT2D eigenvalue weighted by atomic mass is 10.1. The standard InChI is InChI=1S/C20H36N4O3S/c1-7-24(28(6,25)26)14-8-13-22-20(21-5)23-17(4)18-9-11-19(12-10-18)27-15-16(2)3/h9-12,16-17H,7-8,13-15H2,1-6H3,(H2,21,22,23). The van der Waals surface area contributed by atoms with Gasteiger partial charge in [-0.15, -0.1) is 0 Å². The molecule has 0 amide bonds. The van der Waals surface area contributed by atoms with Crippen LogP contribution in [-0.2, 0) is 10.0 Å². The smallest absolute Gasteiger partial charge is 0.211 e. The third-order valence-electron chi connectivity index (χ3n) is 4.24. The van der Waals surface area contributed by atoms with Gasteiger partial charge in [0.2, 0.25) is 10.0 Å². The van der Waals surface area contributed by atoms with Crippen molar-refractivity contribution in [3.05, 3.63) is 29.8 Å². The van der Waals surface area contributed by atoms with E-state index in [1.54, 1.807) is 7.05 Å². The molecule has 28 heavy (non-hydrogen) atoms. The summed E-state index contributed by atoms with van der Waals surface area (Å²) in [5.74, 6) is 2.06. The van der Waals surface area contributed by atoms with Crippen molar-refractivity contribution < 1.29 is 13.2 Å². The van der Waals surface area contributed by atoms with Crippen LogP contribution in [0.5, 0.6) is 5.75 Å². The fourth-order valence-electron chi connectivity index (χ4n) is 2.62. The minimum absolute atomic E-state index is 0.0773. The van der Waals surface area contributed by atoms with Crippen LogP contribution < -0.4 is 15.4 Å². The number of sulfonamides is 1. The highest BCUT2D eigenvalue weighted by Crippen LogP contribution is 2.18. The van der Waals surface area contributed by atoms with Crippen molar-refractivity contribution in [2.24, 2.45) is 10.9 Å². The quantitative estimate of drug-likeness (QED) is 0.332. The molecular weight excluding hydrogens is 376 g/mol. The Bertz CT molecular complexity index is 703. The van der Waals surface area contributed by atoms with E-state index in [4.69, 9.17) is 4.74 Å². The second kappa shape index (κ2) is 11.9. The van der Waals surface area contributed by atoms with Crippen molar-refractivity contribution in [3.8, 4) is 5.75 Å². The predicted molar refractivity (Wildman–Crippen MR) is 116 cm³/mol. The fourth-order valence-corrected chi connectivity index (χ4v) is 3.55. The van der Waals surface area contributed by atoms with Crippen molar-refractivity contribution in [3.63, 3.8) is 0 Å². The Morgan fingerprint density at radius 3 is 2.36 bits per heavy atom. The van der Waals surface area contributed by atoms with Crippen LogP contribution >= 0.6 is 0 Å². The fraction of sp³-hybridized carbons (Fsp3) is 0.650. The SMILES string of the molecule is CCN(CCCNC(=NC)NC(C)c1ccc(OCC(C)C)cc1)S(C)(=O)=O. The number of aliphatic imine (C=N–C) groups is 1. The molecule has 160 valence electrons. The Balaban J connectivity index is 2.47. The number of nitrogens with zero attached hydrogens (tertiary/aromatic N) is 2. The first-order chi connectivity index (χ1) is 13.2. The minimum Gasteiger partial charge on any atom is -0.493 e. The van der Waals surface area contributed by atoms with Gasteiger partial charge in [0.05, 0.1) is 18.9 Å². The summed E-state index contributed by atoms with van der Waals surface area (Å²) < 4.78 is 30.4. The molecule has 1 atom stereocenters. The van der Waals surface area contributed by atoms with Crippen molar-refractivity contribution in [2.45, 2.75) is 40.2 Å². The molecule has 1 rings (SSSR count). The lowest BCUT2D eigenvalue weighted by Gasteiger charge is -2.20. The summed E-state index contributed by atoms with van der Waals surface area (Å²) in [6.07, 6.45) is 1.95. The first-order valence-electron chi connectivity index (χ1n) is 9.82. The van der Waals surface area contributed by atoms with Gasteiger partial charge in [-0.25, -0.2) is 12.7 Å². The molecule has 0 bridgehead atoms. The Morgan fingerprint density at radius 1 is 1.21 bits per heavy atom. The van der Waals surface area contributed by atoms with Gasteiger partial charge in [0.25, 0.3) is 0 Å². The molecule has 0 radical (unpaired) electrons. The first kappa shape index (κ1) is 24.2. The van der Waals surface area contributed by atoms with Gasteiger partial charge in [-0.3, -0.25) is 4.99 Å². The summed E-state index contributed by atoms with van der Waals surface area (Å²) in [5, 5.41) is 6.59. The molecule has 1 unspecified atom stereocenters. The monoisotopic (exact) mass is 412 g/mol. The van der Waals surface area contributed by atoms with Crippen molar-refractivity contribution >= 4 is 16.0 Å². The number of hydrogen-bond acceptors (Lipinski definition) is 4. The molecule has 1 aromatic carbocycles. The van der Waals surface area contributed by atoms with Crippen LogP contribution in [0.1, 0.15) is 45.7 Å². The van der Waals surface area contributed by atoms with E-state index in [1.165, 1.54) is 10.6 Å². The van der Waals surface area contributed by atoms with E-state index in [0.717, 1.165) is 11.3 Å². The van der Waals surface area contributed by atoms with Gasteiger partial charge < -0.3 is 15.4 Å². The molecule has 0 heterocycles. The Morgan fingerprint density at radius 2 is 1.86 bits per heavy atom. The summed E-state index contributed by atoms with van der Waals surface area (Å²) in [7, 11) is -1.42. The first-order valence-corrected chi connectivity index (χ1v) is 11.7. The molecule has 0 aromatic heterocycles. The van der Waals surface area contributed by atoms with Crippen LogP contribution in [0, 0.1) is 5.92 Å². The Kier molecular flexibility index (Phi) is 10.3. The maximum atomic E-state index is 11.6. The highest BCUT2D eigenvalue weighted by Gasteiger charge is 2.13.